The predicted octanol–water partition coefficient (Wildman–Crippen LogP) is 3.47. The molecule has 29 heavy (non-hydrogen) atoms. The van der Waals surface area contributed by atoms with Crippen molar-refractivity contribution in [3.8, 4) is 23.0 Å². The van der Waals surface area contributed by atoms with Crippen molar-refractivity contribution in [3.05, 3.63) is 51.1 Å². The molecule has 0 radical (unpaired) electrons. The largest absolute Gasteiger partial charge is 0.497 e. The van der Waals surface area contributed by atoms with E-state index in [9.17, 15) is 20.0 Å². The Hall–Kier alpha value is -3.80. The molecule has 12 heteroatoms. The van der Waals surface area contributed by atoms with Crippen LogP contribution in [-0.4, -0.2) is 40.4 Å². The molecule has 3 aromatic rings. The fourth-order valence-corrected chi connectivity index (χ4v) is 2.83. The number of furan rings is 1. The van der Waals surface area contributed by atoms with Crippen LogP contribution in [0.2, 0.25) is 0 Å². The number of carboxylic acids is 1. The molecular formula is C17H13N3O8S. The number of rotatable bonds is 8. The minimum absolute atomic E-state index is 0.00105. The molecular weight excluding hydrogens is 406 g/mol. The number of hydrogen-bond acceptors (Lipinski definition) is 10. The van der Waals surface area contributed by atoms with Gasteiger partial charge in [0.1, 0.15) is 27.1 Å². The second-order valence-electron chi connectivity index (χ2n) is 5.32. The summed E-state index contributed by atoms with van der Waals surface area (Å²) < 4.78 is 20.8. The number of hydrogen-bond donors (Lipinski definition) is 1. The molecule has 2 aromatic heterocycles. The van der Waals surface area contributed by atoms with Crippen molar-refractivity contribution in [2.75, 3.05) is 14.2 Å². The summed E-state index contributed by atoms with van der Waals surface area (Å²) in [7, 11) is 2.99. The number of ether oxygens (including phenoxy) is 2. The fourth-order valence-electron chi connectivity index (χ4n) is 2.17. The number of nitro groups is 1. The van der Waals surface area contributed by atoms with Crippen LogP contribution in [0.3, 0.4) is 0 Å². The van der Waals surface area contributed by atoms with Crippen LogP contribution in [0.25, 0.3) is 17.5 Å². The zero-order valence-electron chi connectivity index (χ0n) is 15.0. The monoisotopic (exact) mass is 419 g/mol. The van der Waals surface area contributed by atoms with E-state index in [0.29, 0.717) is 28.8 Å². The Morgan fingerprint density at radius 1 is 1.17 bits per heavy atom. The normalized spacial score (nSPS) is 11.3. The van der Waals surface area contributed by atoms with Crippen molar-refractivity contribution in [1.82, 2.24) is 10.2 Å². The highest BCUT2D eigenvalue weighted by atomic mass is 32.2. The maximum atomic E-state index is 11.5. The van der Waals surface area contributed by atoms with Crippen LogP contribution in [0, 0.1) is 10.1 Å². The lowest BCUT2D eigenvalue weighted by Crippen LogP contribution is -1.96. The van der Waals surface area contributed by atoms with Gasteiger partial charge in [-0.15, -0.1) is 10.2 Å². The van der Waals surface area contributed by atoms with Crippen molar-refractivity contribution in [2.45, 2.75) is 5.22 Å². The molecule has 0 aliphatic rings. The summed E-state index contributed by atoms with van der Waals surface area (Å²) >= 11 is 0.674. The molecule has 0 aliphatic heterocycles. The molecule has 1 N–H and O–H groups in total. The lowest BCUT2D eigenvalue weighted by Gasteiger charge is -2.05. The second-order valence-corrected chi connectivity index (χ2v) is 6.32. The van der Waals surface area contributed by atoms with E-state index < -0.39 is 16.8 Å². The zero-order valence-corrected chi connectivity index (χ0v) is 15.8. The third-order valence-corrected chi connectivity index (χ3v) is 4.33. The number of benzene rings is 1. The van der Waals surface area contributed by atoms with E-state index in [1.54, 1.807) is 18.2 Å². The average molecular weight is 419 g/mol. The predicted molar refractivity (Wildman–Crippen MR) is 99.7 cm³/mol. The number of nitrogens with zero attached hydrogens (tertiary/aromatic N) is 3. The van der Waals surface area contributed by atoms with Gasteiger partial charge in [-0.25, -0.2) is 4.79 Å². The minimum atomic E-state index is -1.29. The lowest BCUT2D eigenvalue weighted by atomic mass is 10.2. The number of carboxylic acid groups (broad SMARTS) is 1. The Labute approximate surface area is 167 Å². The van der Waals surface area contributed by atoms with Gasteiger partial charge in [-0.1, -0.05) is 0 Å². The Balaban J connectivity index is 1.86. The summed E-state index contributed by atoms with van der Waals surface area (Å²) in [6, 6.07) is 7.38. The topological polar surface area (TPSA) is 151 Å². The van der Waals surface area contributed by atoms with Crippen molar-refractivity contribution >= 4 is 29.7 Å². The quantitative estimate of drug-likeness (QED) is 0.247. The van der Waals surface area contributed by atoms with Crippen molar-refractivity contribution < 1.29 is 33.1 Å². The maximum Gasteiger partial charge on any atom is 0.433 e. The first-order valence-corrected chi connectivity index (χ1v) is 8.65. The van der Waals surface area contributed by atoms with Crippen LogP contribution >= 0.6 is 11.8 Å². The van der Waals surface area contributed by atoms with E-state index in [1.165, 1.54) is 20.3 Å². The Kier molecular flexibility index (Phi) is 5.83. The molecule has 2 heterocycles. The van der Waals surface area contributed by atoms with Gasteiger partial charge in [0, 0.05) is 17.7 Å². The molecule has 1 aromatic carbocycles. The van der Waals surface area contributed by atoms with Crippen LogP contribution < -0.4 is 9.47 Å². The second kappa shape index (κ2) is 8.48. The first-order chi connectivity index (χ1) is 13.9. The smallest absolute Gasteiger partial charge is 0.433 e. The van der Waals surface area contributed by atoms with Gasteiger partial charge in [-0.2, -0.15) is 0 Å². The van der Waals surface area contributed by atoms with Gasteiger partial charge >= 0.3 is 11.9 Å². The zero-order chi connectivity index (χ0) is 21.0. The molecule has 3 rings (SSSR count). The SMILES string of the molecule is COc1cc(OC)cc(-c2nnc(S/C(=C\c3ccc([N+](=O)[O-])o3)C(=O)O)o2)c1. The molecule has 150 valence electrons. The molecule has 0 unspecified atom stereocenters. The van der Waals surface area contributed by atoms with Crippen LogP contribution in [0.4, 0.5) is 5.88 Å². The lowest BCUT2D eigenvalue weighted by molar-refractivity contribution is -0.402. The van der Waals surface area contributed by atoms with Crippen LogP contribution in [0.1, 0.15) is 5.76 Å². The molecule has 0 amide bonds. The van der Waals surface area contributed by atoms with Gasteiger partial charge in [-0.05, 0) is 30.0 Å². The molecule has 0 fully saturated rings. The van der Waals surface area contributed by atoms with Crippen molar-refractivity contribution in [2.24, 2.45) is 0 Å². The molecule has 0 atom stereocenters. The first-order valence-electron chi connectivity index (χ1n) is 7.83. The summed E-state index contributed by atoms with van der Waals surface area (Å²) in [5, 5.41) is 27.7. The molecule has 11 nitrogen and oxygen atoms in total. The molecule has 0 bridgehead atoms. The average Bonchev–Trinajstić information content (AvgIpc) is 3.36. The third-order valence-electron chi connectivity index (χ3n) is 3.48. The minimum Gasteiger partial charge on any atom is -0.497 e. The molecule has 0 saturated carbocycles. The molecule has 0 spiro atoms. The van der Waals surface area contributed by atoms with Gasteiger partial charge in [0.15, 0.2) is 0 Å². The van der Waals surface area contributed by atoms with Crippen molar-refractivity contribution in [3.63, 3.8) is 0 Å². The van der Waals surface area contributed by atoms with Gasteiger partial charge in [-0.3, -0.25) is 10.1 Å². The van der Waals surface area contributed by atoms with Crippen LogP contribution in [0.5, 0.6) is 11.5 Å². The van der Waals surface area contributed by atoms with Gasteiger partial charge in [0.05, 0.1) is 20.3 Å². The van der Waals surface area contributed by atoms with Gasteiger partial charge in [0.2, 0.25) is 5.89 Å². The number of methoxy groups -OCH3 is 2. The summed E-state index contributed by atoms with van der Waals surface area (Å²) in [5.74, 6) is -0.647. The highest BCUT2D eigenvalue weighted by Gasteiger charge is 2.19. The van der Waals surface area contributed by atoms with E-state index in [2.05, 4.69) is 10.2 Å². The first kappa shape index (κ1) is 19.9. The molecule has 0 aliphatic carbocycles. The summed E-state index contributed by atoms with van der Waals surface area (Å²) in [5.41, 5.74) is 0.517. The number of aromatic nitrogens is 2. The molecule has 0 saturated heterocycles. The number of thioether (sulfide) groups is 1. The Bertz CT molecular complexity index is 1070. The Morgan fingerprint density at radius 2 is 1.86 bits per heavy atom. The van der Waals surface area contributed by atoms with Gasteiger partial charge < -0.3 is 23.4 Å². The van der Waals surface area contributed by atoms with E-state index in [4.69, 9.17) is 18.3 Å². The maximum absolute atomic E-state index is 11.5. The summed E-state index contributed by atoms with van der Waals surface area (Å²) in [4.78, 5) is 21.2. The fraction of sp³-hybridized carbons (Fsp3) is 0.118. The van der Waals surface area contributed by atoms with E-state index in [-0.39, 0.29) is 21.8 Å². The summed E-state index contributed by atoms with van der Waals surface area (Å²) in [6.45, 7) is 0. The van der Waals surface area contributed by atoms with Crippen LogP contribution in [-0.2, 0) is 4.79 Å². The van der Waals surface area contributed by atoms with E-state index in [1.807, 2.05) is 0 Å². The summed E-state index contributed by atoms with van der Waals surface area (Å²) in [6.07, 6.45) is 1.12. The van der Waals surface area contributed by atoms with Crippen LogP contribution in [0.15, 0.2) is 49.3 Å². The van der Waals surface area contributed by atoms with Crippen molar-refractivity contribution in [1.29, 1.82) is 0 Å². The third kappa shape index (κ3) is 4.73. The van der Waals surface area contributed by atoms with Gasteiger partial charge in [0.25, 0.3) is 5.22 Å². The number of carbonyl (C=O) groups is 1. The van der Waals surface area contributed by atoms with E-state index >= 15 is 0 Å². The van der Waals surface area contributed by atoms with E-state index in [0.717, 1.165) is 12.1 Å². The standard InChI is InChI=1S/C17H13N3O8S/c1-25-11-5-9(6-12(7-11)26-2)15-18-19-17(28-15)29-13(16(21)22)8-10-3-4-14(27-10)20(23)24/h3-8H,1-2H3,(H,21,22)/b13-8-. The number of aliphatic carboxylic acids is 1. The highest BCUT2D eigenvalue weighted by Crippen LogP contribution is 2.33. The Morgan fingerprint density at radius 3 is 2.41 bits per heavy atom. The highest BCUT2D eigenvalue weighted by molar-refractivity contribution is 8.03.